The van der Waals surface area contributed by atoms with Crippen LogP contribution in [0.4, 0.5) is 11.4 Å². The fourth-order valence-corrected chi connectivity index (χ4v) is 1.87. The summed E-state index contributed by atoms with van der Waals surface area (Å²) in [6.07, 6.45) is 3.67. The van der Waals surface area contributed by atoms with E-state index in [2.05, 4.69) is 36.0 Å². The molecule has 0 saturated carbocycles. The van der Waals surface area contributed by atoms with Gasteiger partial charge in [0.1, 0.15) is 0 Å². The Morgan fingerprint density at radius 2 is 2.12 bits per heavy atom. The lowest BCUT2D eigenvalue weighted by atomic mass is 10.1. The lowest BCUT2D eigenvalue weighted by molar-refractivity contribution is 0.914. The van der Waals surface area contributed by atoms with Gasteiger partial charge in [0.25, 0.3) is 0 Å². The second-order valence-electron chi connectivity index (χ2n) is 4.32. The van der Waals surface area contributed by atoms with Gasteiger partial charge in [0.05, 0.1) is 0 Å². The van der Waals surface area contributed by atoms with Crippen LogP contribution < -0.4 is 10.6 Å². The minimum absolute atomic E-state index is 0.804. The maximum Gasteiger partial charge on any atom is 0.0441 e. The molecule has 2 aromatic rings. The minimum Gasteiger partial charge on any atom is -0.399 e. The molecule has 0 aliphatic heterocycles. The van der Waals surface area contributed by atoms with Crippen molar-refractivity contribution in [3.8, 4) is 0 Å². The molecule has 0 unspecified atom stereocenters. The number of anilines is 2. The number of hydrogen-bond donors (Lipinski definition) is 1. The fraction of sp³-hybridized carbons (Fsp3) is 0.214. The fourth-order valence-electron chi connectivity index (χ4n) is 1.87. The normalized spacial score (nSPS) is 10.2. The smallest absolute Gasteiger partial charge is 0.0441 e. The zero-order valence-corrected chi connectivity index (χ0v) is 10.2. The van der Waals surface area contributed by atoms with Crippen molar-refractivity contribution < 1.29 is 0 Å². The van der Waals surface area contributed by atoms with Crippen molar-refractivity contribution >= 4 is 11.4 Å². The number of nitrogens with two attached hydrogens (primary N) is 1. The molecule has 1 heterocycles. The van der Waals surface area contributed by atoms with E-state index < -0.39 is 0 Å². The van der Waals surface area contributed by atoms with E-state index in [1.807, 2.05) is 24.4 Å². The topological polar surface area (TPSA) is 42.1 Å². The van der Waals surface area contributed by atoms with Crippen LogP contribution in [0.5, 0.6) is 0 Å². The molecule has 2 rings (SSSR count). The highest BCUT2D eigenvalue weighted by Gasteiger charge is 2.03. The molecule has 0 fully saturated rings. The summed E-state index contributed by atoms with van der Waals surface area (Å²) in [5.41, 5.74) is 10.2. The summed E-state index contributed by atoms with van der Waals surface area (Å²) in [4.78, 5) is 6.28. The van der Waals surface area contributed by atoms with Gasteiger partial charge in [0, 0.05) is 37.4 Å². The van der Waals surface area contributed by atoms with Crippen molar-refractivity contribution in [2.75, 3.05) is 17.7 Å². The van der Waals surface area contributed by atoms with Crippen molar-refractivity contribution in [1.29, 1.82) is 0 Å². The lowest BCUT2D eigenvalue weighted by Gasteiger charge is -2.20. The molecule has 0 saturated heterocycles. The van der Waals surface area contributed by atoms with Crippen LogP contribution in [-0.4, -0.2) is 12.0 Å². The van der Waals surface area contributed by atoms with E-state index in [1.165, 1.54) is 11.1 Å². The van der Waals surface area contributed by atoms with Crippen molar-refractivity contribution in [2.45, 2.75) is 13.5 Å². The molecule has 0 radical (unpaired) electrons. The number of hydrogen-bond acceptors (Lipinski definition) is 3. The first-order chi connectivity index (χ1) is 8.15. The van der Waals surface area contributed by atoms with Crippen LogP contribution in [0, 0.1) is 6.92 Å². The van der Waals surface area contributed by atoms with Crippen LogP contribution in [0.15, 0.2) is 42.7 Å². The first-order valence-corrected chi connectivity index (χ1v) is 5.62. The highest BCUT2D eigenvalue weighted by molar-refractivity contribution is 5.58. The Bertz CT molecular complexity index is 474. The Balaban J connectivity index is 2.17. The summed E-state index contributed by atoms with van der Waals surface area (Å²) in [6, 6.07) is 10.1. The molecule has 17 heavy (non-hydrogen) atoms. The van der Waals surface area contributed by atoms with Crippen molar-refractivity contribution in [3.63, 3.8) is 0 Å². The van der Waals surface area contributed by atoms with Crippen LogP contribution in [0.3, 0.4) is 0 Å². The number of pyridine rings is 1. The van der Waals surface area contributed by atoms with Gasteiger partial charge in [-0.2, -0.15) is 0 Å². The molecule has 0 aliphatic carbocycles. The Kier molecular flexibility index (Phi) is 3.28. The third-order valence-corrected chi connectivity index (χ3v) is 2.67. The second-order valence-corrected chi connectivity index (χ2v) is 4.32. The molecular formula is C14H17N3. The average molecular weight is 227 g/mol. The first kappa shape index (κ1) is 11.5. The summed E-state index contributed by atoms with van der Waals surface area (Å²) in [6.45, 7) is 2.88. The SMILES string of the molecule is Cc1cc(N)cc(N(C)Cc2cccnc2)c1. The van der Waals surface area contributed by atoms with Gasteiger partial charge >= 0.3 is 0 Å². The lowest BCUT2D eigenvalue weighted by Crippen LogP contribution is -2.16. The summed E-state index contributed by atoms with van der Waals surface area (Å²) in [5, 5.41) is 0. The maximum absolute atomic E-state index is 5.85. The van der Waals surface area contributed by atoms with Gasteiger partial charge in [-0.25, -0.2) is 0 Å². The Morgan fingerprint density at radius 1 is 1.29 bits per heavy atom. The van der Waals surface area contributed by atoms with Gasteiger partial charge in [-0.3, -0.25) is 4.98 Å². The van der Waals surface area contributed by atoms with Crippen LogP contribution >= 0.6 is 0 Å². The van der Waals surface area contributed by atoms with Gasteiger partial charge in [-0.15, -0.1) is 0 Å². The van der Waals surface area contributed by atoms with Gasteiger partial charge in [0.15, 0.2) is 0 Å². The summed E-state index contributed by atoms with van der Waals surface area (Å²) in [5.74, 6) is 0. The molecule has 1 aromatic carbocycles. The minimum atomic E-state index is 0.804. The maximum atomic E-state index is 5.85. The number of benzene rings is 1. The van der Waals surface area contributed by atoms with Crippen molar-refractivity contribution in [2.24, 2.45) is 0 Å². The first-order valence-electron chi connectivity index (χ1n) is 5.62. The van der Waals surface area contributed by atoms with Crippen molar-refractivity contribution in [3.05, 3.63) is 53.9 Å². The van der Waals surface area contributed by atoms with E-state index in [4.69, 9.17) is 5.73 Å². The molecule has 0 spiro atoms. The van der Waals surface area contributed by atoms with E-state index in [0.29, 0.717) is 0 Å². The average Bonchev–Trinajstić information content (AvgIpc) is 2.29. The zero-order chi connectivity index (χ0) is 12.3. The standard InChI is InChI=1S/C14H17N3/c1-11-6-13(15)8-14(7-11)17(2)10-12-4-3-5-16-9-12/h3-9H,10,15H2,1-2H3. The molecule has 0 atom stereocenters. The molecule has 3 nitrogen and oxygen atoms in total. The van der Waals surface area contributed by atoms with Crippen LogP contribution in [0.25, 0.3) is 0 Å². The van der Waals surface area contributed by atoms with Crippen LogP contribution in [-0.2, 0) is 6.54 Å². The van der Waals surface area contributed by atoms with Crippen molar-refractivity contribution in [1.82, 2.24) is 4.98 Å². The molecule has 88 valence electrons. The molecule has 3 heteroatoms. The molecule has 0 aliphatic rings. The molecule has 0 amide bonds. The third-order valence-electron chi connectivity index (χ3n) is 2.67. The Hall–Kier alpha value is -2.03. The van der Waals surface area contributed by atoms with Gasteiger partial charge < -0.3 is 10.6 Å². The monoisotopic (exact) mass is 227 g/mol. The largest absolute Gasteiger partial charge is 0.399 e. The Labute approximate surface area is 102 Å². The predicted molar refractivity (Wildman–Crippen MR) is 71.9 cm³/mol. The number of rotatable bonds is 3. The van der Waals surface area contributed by atoms with Gasteiger partial charge in [-0.1, -0.05) is 6.07 Å². The Morgan fingerprint density at radius 3 is 2.76 bits per heavy atom. The van der Waals surface area contributed by atoms with Crippen LogP contribution in [0.2, 0.25) is 0 Å². The third kappa shape index (κ3) is 2.97. The summed E-state index contributed by atoms with van der Waals surface area (Å²) < 4.78 is 0. The predicted octanol–water partition coefficient (Wildman–Crippen LogP) is 2.61. The molecule has 1 aromatic heterocycles. The van der Waals surface area contributed by atoms with E-state index in [9.17, 15) is 0 Å². The molecule has 0 bridgehead atoms. The molecule has 2 N–H and O–H groups in total. The number of aryl methyl sites for hydroxylation is 1. The zero-order valence-electron chi connectivity index (χ0n) is 10.2. The quantitative estimate of drug-likeness (QED) is 0.819. The molecular weight excluding hydrogens is 210 g/mol. The summed E-state index contributed by atoms with van der Waals surface area (Å²) in [7, 11) is 2.06. The number of aromatic nitrogens is 1. The van der Waals surface area contributed by atoms with E-state index >= 15 is 0 Å². The van der Waals surface area contributed by atoms with E-state index in [1.54, 1.807) is 6.20 Å². The number of nitrogen functional groups attached to an aromatic ring is 1. The summed E-state index contributed by atoms with van der Waals surface area (Å²) >= 11 is 0. The van der Waals surface area contributed by atoms with E-state index in [0.717, 1.165) is 17.9 Å². The second kappa shape index (κ2) is 4.87. The van der Waals surface area contributed by atoms with Gasteiger partial charge in [0.2, 0.25) is 0 Å². The number of nitrogens with zero attached hydrogens (tertiary/aromatic N) is 2. The highest BCUT2D eigenvalue weighted by atomic mass is 15.1. The van der Waals surface area contributed by atoms with Crippen LogP contribution in [0.1, 0.15) is 11.1 Å². The van der Waals surface area contributed by atoms with E-state index in [-0.39, 0.29) is 0 Å². The van der Waals surface area contributed by atoms with Gasteiger partial charge in [-0.05, 0) is 42.3 Å². The highest BCUT2D eigenvalue weighted by Crippen LogP contribution is 2.20.